The number of urea groups is 2. The van der Waals surface area contributed by atoms with Crippen LogP contribution in [-0.2, 0) is 9.53 Å². The molecule has 8 heteroatoms. The number of esters is 1. The van der Waals surface area contributed by atoms with E-state index >= 15 is 0 Å². The Morgan fingerprint density at radius 2 is 1.46 bits per heavy atom. The lowest BCUT2D eigenvalue weighted by molar-refractivity contribution is -0.138. The van der Waals surface area contributed by atoms with E-state index in [0.29, 0.717) is 34.8 Å². The third kappa shape index (κ3) is 5.98. The first-order valence-electron chi connectivity index (χ1n) is 12.3. The highest BCUT2D eigenvalue weighted by atomic mass is 16.5. The van der Waals surface area contributed by atoms with Gasteiger partial charge in [-0.15, -0.1) is 0 Å². The molecule has 190 valence electrons. The summed E-state index contributed by atoms with van der Waals surface area (Å²) in [6, 6.07) is 24.2. The summed E-state index contributed by atoms with van der Waals surface area (Å²) in [5.41, 5.74) is 3.60. The minimum Gasteiger partial charge on any atom is -0.463 e. The molecule has 0 bridgehead atoms. The highest BCUT2D eigenvalue weighted by Crippen LogP contribution is 2.37. The van der Waals surface area contributed by atoms with Crippen LogP contribution in [0.5, 0.6) is 0 Å². The average molecular weight is 499 g/mol. The van der Waals surface area contributed by atoms with E-state index in [0.717, 1.165) is 12.0 Å². The normalized spacial score (nSPS) is 15.1. The summed E-state index contributed by atoms with van der Waals surface area (Å²) in [7, 11) is 0. The van der Waals surface area contributed by atoms with Crippen molar-refractivity contribution in [3.05, 3.63) is 102 Å². The second-order valence-electron chi connectivity index (χ2n) is 8.45. The quantitative estimate of drug-likeness (QED) is 0.343. The summed E-state index contributed by atoms with van der Waals surface area (Å²) in [6.45, 7) is 4.39. The molecule has 0 aliphatic carbocycles. The van der Waals surface area contributed by atoms with Gasteiger partial charge in [0.1, 0.15) is 0 Å². The van der Waals surface area contributed by atoms with E-state index in [-0.39, 0.29) is 18.7 Å². The van der Waals surface area contributed by atoms with Crippen LogP contribution in [0.3, 0.4) is 0 Å². The summed E-state index contributed by atoms with van der Waals surface area (Å²) >= 11 is 0. The molecular formula is C29H30N4O4. The topological polar surface area (TPSA) is 99.8 Å². The van der Waals surface area contributed by atoms with Gasteiger partial charge in [0.25, 0.3) is 0 Å². The van der Waals surface area contributed by atoms with Crippen LogP contribution in [0.2, 0.25) is 0 Å². The molecule has 3 N–H and O–H groups in total. The Hall–Kier alpha value is -4.59. The molecule has 0 saturated heterocycles. The Morgan fingerprint density at radius 1 is 0.865 bits per heavy atom. The van der Waals surface area contributed by atoms with Crippen LogP contribution >= 0.6 is 0 Å². The van der Waals surface area contributed by atoms with Gasteiger partial charge >= 0.3 is 18.0 Å². The molecule has 1 aliphatic heterocycles. The predicted molar refractivity (Wildman–Crippen MR) is 144 cm³/mol. The number of benzene rings is 3. The SMILES string of the molecule is CCCN1C(=O)NC(c2ccc(NC(=O)Nc3ccccc3)cc2)C(C(=O)OCC)=C1c1ccccc1. The molecule has 1 aliphatic rings. The van der Waals surface area contributed by atoms with Gasteiger partial charge in [-0.1, -0.05) is 67.6 Å². The van der Waals surface area contributed by atoms with Crippen molar-refractivity contribution in [1.82, 2.24) is 10.2 Å². The van der Waals surface area contributed by atoms with E-state index in [9.17, 15) is 14.4 Å². The Bertz CT molecular complexity index is 1270. The molecule has 8 nitrogen and oxygen atoms in total. The molecule has 4 rings (SSSR count). The number of amides is 4. The molecule has 3 aromatic rings. The number of carbonyl (C=O) groups excluding carboxylic acids is 3. The lowest BCUT2D eigenvalue weighted by Gasteiger charge is -2.36. The van der Waals surface area contributed by atoms with E-state index in [1.165, 1.54) is 0 Å². The maximum atomic E-state index is 13.3. The smallest absolute Gasteiger partial charge is 0.338 e. The molecular weight excluding hydrogens is 468 g/mol. The minimum absolute atomic E-state index is 0.207. The summed E-state index contributed by atoms with van der Waals surface area (Å²) in [5, 5.41) is 8.54. The van der Waals surface area contributed by atoms with E-state index in [1.54, 1.807) is 48.2 Å². The summed E-state index contributed by atoms with van der Waals surface area (Å²) in [6.07, 6.45) is 0.718. The van der Waals surface area contributed by atoms with Crippen LogP contribution in [0.4, 0.5) is 21.0 Å². The second kappa shape index (κ2) is 11.9. The molecule has 37 heavy (non-hydrogen) atoms. The highest BCUT2D eigenvalue weighted by Gasteiger charge is 2.38. The Balaban J connectivity index is 1.67. The molecule has 0 spiro atoms. The molecule has 0 fully saturated rings. The Kier molecular flexibility index (Phi) is 8.20. The number of para-hydroxylation sites is 1. The number of anilines is 2. The predicted octanol–water partition coefficient (Wildman–Crippen LogP) is 5.78. The number of hydrogen-bond acceptors (Lipinski definition) is 4. The zero-order valence-corrected chi connectivity index (χ0v) is 20.9. The Morgan fingerprint density at radius 3 is 2.05 bits per heavy atom. The Labute approximate surface area is 216 Å². The molecule has 4 amide bonds. The molecule has 3 aromatic carbocycles. The number of nitrogens with zero attached hydrogens (tertiary/aromatic N) is 1. The van der Waals surface area contributed by atoms with E-state index < -0.39 is 12.0 Å². The van der Waals surface area contributed by atoms with Crippen molar-refractivity contribution in [2.45, 2.75) is 26.3 Å². The summed E-state index contributed by atoms with van der Waals surface area (Å²) in [5.74, 6) is -0.489. The van der Waals surface area contributed by atoms with Gasteiger partial charge in [-0.05, 0) is 48.7 Å². The first kappa shape index (κ1) is 25.5. The molecule has 1 atom stereocenters. The van der Waals surface area contributed by atoms with Crippen LogP contribution in [0.1, 0.15) is 37.4 Å². The van der Waals surface area contributed by atoms with Crippen LogP contribution in [0.25, 0.3) is 5.70 Å². The van der Waals surface area contributed by atoms with Crippen molar-refractivity contribution >= 4 is 35.1 Å². The molecule has 0 saturated carbocycles. The molecule has 1 unspecified atom stereocenters. The van der Waals surface area contributed by atoms with Crippen molar-refractivity contribution < 1.29 is 19.1 Å². The monoisotopic (exact) mass is 498 g/mol. The summed E-state index contributed by atoms with van der Waals surface area (Å²) < 4.78 is 5.44. The molecule has 0 aromatic heterocycles. The van der Waals surface area contributed by atoms with E-state index in [1.807, 2.05) is 55.5 Å². The average Bonchev–Trinajstić information content (AvgIpc) is 2.91. The standard InChI is InChI=1S/C29H30N4O4/c1-3-19-33-26(21-11-7-5-8-12-21)24(27(34)37-4-2)25(32-29(33)36)20-15-17-23(18-16-20)31-28(35)30-22-13-9-6-10-14-22/h5-18,25H,3-4,19H2,1-2H3,(H,32,36)(H2,30,31,35). The van der Waals surface area contributed by atoms with Crippen molar-refractivity contribution in [2.75, 3.05) is 23.8 Å². The van der Waals surface area contributed by atoms with Gasteiger partial charge in [0.05, 0.1) is 23.9 Å². The van der Waals surface area contributed by atoms with Gasteiger partial charge in [-0.3, -0.25) is 4.90 Å². The number of carbonyl (C=O) groups is 3. The minimum atomic E-state index is -0.720. The fourth-order valence-corrected chi connectivity index (χ4v) is 4.25. The van der Waals surface area contributed by atoms with Crippen molar-refractivity contribution in [1.29, 1.82) is 0 Å². The van der Waals surface area contributed by atoms with Crippen molar-refractivity contribution in [2.24, 2.45) is 0 Å². The zero-order chi connectivity index (χ0) is 26.2. The van der Waals surface area contributed by atoms with Crippen LogP contribution in [-0.4, -0.2) is 36.1 Å². The van der Waals surface area contributed by atoms with Crippen LogP contribution in [0.15, 0.2) is 90.5 Å². The van der Waals surface area contributed by atoms with Crippen molar-refractivity contribution in [3.63, 3.8) is 0 Å². The maximum Gasteiger partial charge on any atom is 0.338 e. The first-order chi connectivity index (χ1) is 18.0. The van der Waals surface area contributed by atoms with Gasteiger partial charge in [-0.2, -0.15) is 0 Å². The van der Waals surface area contributed by atoms with Gasteiger partial charge in [0.15, 0.2) is 0 Å². The van der Waals surface area contributed by atoms with Gasteiger partial charge in [0, 0.05) is 17.9 Å². The van der Waals surface area contributed by atoms with Gasteiger partial charge in [0.2, 0.25) is 0 Å². The third-order valence-electron chi connectivity index (χ3n) is 5.85. The van der Waals surface area contributed by atoms with Crippen LogP contribution in [0, 0.1) is 0 Å². The van der Waals surface area contributed by atoms with Crippen molar-refractivity contribution in [3.8, 4) is 0 Å². The van der Waals surface area contributed by atoms with E-state index in [2.05, 4.69) is 16.0 Å². The number of ether oxygens (including phenoxy) is 1. The fraction of sp³-hybridized carbons (Fsp3) is 0.207. The van der Waals surface area contributed by atoms with Crippen LogP contribution < -0.4 is 16.0 Å². The number of hydrogen-bond donors (Lipinski definition) is 3. The fourth-order valence-electron chi connectivity index (χ4n) is 4.25. The second-order valence-corrected chi connectivity index (χ2v) is 8.45. The lowest BCUT2D eigenvalue weighted by Crippen LogP contribution is -2.48. The molecule has 0 radical (unpaired) electrons. The molecule has 1 heterocycles. The van der Waals surface area contributed by atoms with Gasteiger partial charge in [-0.25, -0.2) is 14.4 Å². The van der Waals surface area contributed by atoms with E-state index in [4.69, 9.17) is 4.74 Å². The maximum absolute atomic E-state index is 13.3. The first-order valence-corrected chi connectivity index (χ1v) is 12.3. The zero-order valence-electron chi connectivity index (χ0n) is 20.9. The number of nitrogens with one attached hydrogen (secondary N) is 3. The number of rotatable bonds is 8. The largest absolute Gasteiger partial charge is 0.463 e. The lowest BCUT2D eigenvalue weighted by atomic mass is 9.91. The summed E-state index contributed by atoms with van der Waals surface area (Å²) in [4.78, 5) is 40.5. The van der Waals surface area contributed by atoms with Gasteiger partial charge < -0.3 is 20.7 Å². The highest BCUT2D eigenvalue weighted by molar-refractivity contribution is 6.05. The third-order valence-corrected chi connectivity index (χ3v) is 5.85.